The smallest absolute Gasteiger partial charge is 0.289 e. The van der Waals surface area contributed by atoms with Crippen molar-refractivity contribution in [3.05, 3.63) is 65.5 Å². The lowest BCUT2D eigenvalue weighted by Gasteiger charge is -2.31. The third-order valence-corrected chi connectivity index (χ3v) is 5.24. The van der Waals surface area contributed by atoms with Crippen LogP contribution in [0.3, 0.4) is 0 Å². The number of benzene rings is 1. The summed E-state index contributed by atoms with van der Waals surface area (Å²) < 4.78 is 32.2. The van der Waals surface area contributed by atoms with Gasteiger partial charge < -0.3 is 9.32 Å². The summed E-state index contributed by atoms with van der Waals surface area (Å²) >= 11 is 0. The molecule has 1 N–H and O–H groups in total. The van der Waals surface area contributed by atoms with Gasteiger partial charge in [-0.3, -0.25) is 4.79 Å². The molecule has 1 saturated heterocycles. The Morgan fingerprint density at radius 2 is 1.84 bits per heavy atom. The Labute approximate surface area is 147 Å². The van der Waals surface area contributed by atoms with Crippen molar-refractivity contribution in [1.82, 2.24) is 9.62 Å². The Hall–Kier alpha value is -2.38. The first kappa shape index (κ1) is 17.4. The maximum atomic E-state index is 12.2. The number of nitrogens with zero attached hydrogens (tertiary/aromatic N) is 1. The number of carbonyl (C=O) groups excluding carboxylic acids is 1. The quantitative estimate of drug-likeness (QED) is 0.888. The minimum absolute atomic E-state index is 0.157. The van der Waals surface area contributed by atoms with E-state index in [2.05, 4.69) is 4.72 Å². The Bertz CT molecular complexity index is 821. The van der Waals surface area contributed by atoms with Gasteiger partial charge in [-0.05, 0) is 36.6 Å². The Kier molecular flexibility index (Phi) is 5.35. The summed E-state index contributed by atoms with van der Waals surface area (Å²) in [6.45, 7) is 0.990. The number of hydrogen-bond acceptors (Lipinski definition) is 4. The predicted molar refractivity (Wildman–Crippen MR) is 95.2 cm³/mol. The highest BCUT2D eigenvalue weighted by Gasteiger charge is 2.26. The van der Waals surface area contributed by atoms with Gasteiger partial charge in [-0.2, -0.15) is 0 Å². The molecular weight excluding hydrogens is 340 g/mol. The van der Waals surface area contributed by atoms with E-state index in [1.165, 1.54) is 11.7 Å². The molecule has 0 atom stereocenters. The fourth-order valence-corrected chi connectivity index (χ4v) is 3.88. The van der Waals surface area contributed by atoms with E-state index in [4.69, 9.17) is 4.42 Å². The fourth-order valence-electron chi connectivity index (χ4n) is 2.76. The second kappa shape index (κ2) is 7.67. The van der Waals surface area contributed by atoms with Gasteiger partial charge in [-0.15, -0.1) is 0 Å². The maximum absolute atomic E-state index is 12.2. The summed E-state index contributed by atoms with van der Waals surface area (Å²) in [4.78, 5) is 13.9. The van der Waals surface area contributed by atoms with Crippen LogP contribution in [-0.4, -0.2) is 38.4 Å². The third-order valence-electron chi connectivity index (χ3n) is 4.08. The van der Waals surface area contributed by atoms with E-state index in [0.717, 1.165) is 5.56 Å². The number of sulfonamides is 1. The number of rotatable bonds is 5. The van der Waals surface area contributed by atoms with E-state index in [1.54, 1.807) is 23.1 Å². The minimum atomic E-state index is -3.51. The van der Waals surface area contributed by atoms with Gasteiger partial charge in [-0.25, -0.2) is 13.1 Å². The Morgan fingerprint density at radius 3 is 2.48 bits per heavy atom. The number of hydrogen-bond donors (Lipinski definition) is 1. The minimum Gasteiger partial charge on any atom is -0.459 e. The van der Waals surface area contributed by atoms with Crippen molar-refractivity contribution in [3.63, 3.8) is 0 Å². The summed E-state index contributed by atoms with van der Waals surface area (Å²) in [5, 5.41) is 1.18. The SMILES string of the molecule is O=C(c1ccco1)N1CCC(NS(=O)(=O)/C=C/c2ccccc2)CC1. The molecule has 1 aliphatic rings. The molecule has 0 unspecified atom stereocenters. The molecule has 1 fully saturated rings. The molecule has 25 heavy (non-hydrogen) atoms. The van der Waals surface area contributed by atoms with E-state index in [1.807, 2.05) is 30.3 Å². The highest BCUT2D eigenvalue weighted by molar-refractivity contribution is 7.92. The van der Waals surface area contributed by atoms with Crippen molar-refractivity contribution in [2.45, 2.75) is 18.9 Å². The van der Waals surface area contributed by atoms with Crippen LogP contribution in [0.1, 0.15) is 29.0 Å². The van der Waals surface area contributed by atoms with Crippen LogP contribution < -0.4 is 4.72 Å². The molecule has 1 amide bonds. The van der Waals surface area contributed by atoms with Crippen LogP contribution in [0.2, 0.25) is 0 Å². The summed E-state index contributed by atoms with van der Waals surface area (Å²) in [5.74, 6) is 0.153. The number of nitrogens with one attached hydrogen (secondary N) is 1. The van der Waals surface area contributed by atoms with E-state index in [9.17, 15) is 13.2 Å². The molecule has 2 aromatic rings. The van der Waals surface area contributed by atoms with E-state index in [0.29, 0.717) is 31.7 Å². The average molecular weight is 360 g/mol. The van der Waals surface area contributed by atoms with Crippen LogP contribution in [0.4, 0.5) is 0 Å². The molecule has 2 heterocycles. The number of piperidine rings is 1. The Morgan fingerprint density at radius 1 is 1.12 bits per heavy atom. The molecule has 6 nitrogen and oxygen atoms in total. The second-order valence-corrected chi connectivity index (χ2v) is 7.52. The monoisotopic (exact) mass is 360 g/mol. The van der Waals surface area contributed by atoms with Gasteiger partial charge in [0, 0.05) is 24.5 Å². The van der Waals surface area contributed by atoms with Crippen LogP contribution in [0.15, 0.2) is 58.6 Å². The zero-order chi connectivity index (χ0) is 17.7. The maximum Gasteiger partial charge on any atom is 0.289 e. The molecule has 3 rings (SSSR count). The topological polar surface area (TPSA) is 79.6 Å². The van der Waals surface area contributed by atoms with Gasteiger partial charge in [0.2, 0.25) is 10.0 Å². The number of carbonyl (C=O) groups is 1. The second-order valence-electron chi connectivity index (χ2n) is 5.92. The summed E-state index contributed by atoms with van der Waals surface area (Å²) in [5.41, 5.74) is 0.826. The van der Waals surface area contributed by atoms with Crippen molar-refractivity contribution < 1.29 is 17.6 Å². The molecule has 0 aliphatic carbocycles. The first-order valence-corrected chi connectivity index (χ1v) is 9.66. The molecule has 7 heteroatoms. The third kappa shape index (κ3) is 4.80. The van der Waals surface area contributed by atoms with E-state index >= 15 is 0 Å². The van der Waals surface area contributed by atoms with Crippen molar-refractivity contribution in [3.8, 4) is 0 Å². The molecular formula is C18H20N2O4S. The lowest BCUT2D eigenvalue weighted by Crippen LogP contribution is -2.46. The number of amides is 1. The molecule has 1 aromatic heterocycles. The Balaban J connectivity index is 1.53. The number of furan rings is 1. The van der Waals surface area contributed by atoms with Crippen molar-refractivity contribution in [1.29, 1.82) is 0 Å². The zero-order valence-corrected chi connectivity index (χ0v) is 14.5. The summed E-state index contributed by atoms with van der Waals surface area (Å²) in [6, 6.07) is 12.4. The zero-order valence-electron chi connectivity index (χ0n) is 13.7. The molecule has 132 valence electrons. The van der Waals surface area contributed by atoms with Gasteiger partial charge in [-0.1, -0.05) is 30.3 Å². The normalized spacial score (nSPS) is 16.4. The van der Waals surface area contributed by atoms with Crippen molar-refractivity contribution in [2.75, 3.05) is 13.1 Å². The highest BCUT2D eigenvalue weighted by Crippen LogP contribution is 2.15. The van der Waals surface area contributed by atoms with Crippen LogP contribution >= 0.6 is 0 Å². The van der Waals surface area contributed by atoms with Crippen molar-refractivity contribution >= 4 is 22.0 Å². The lowest BCUT2D eigenvalue weighted by atomic mass is 10.1. The van der Waals surface area contributed by atoms with Gasteiger partial charge >= 0.3 is 0 Å². The van der Waals surface area contributed by atoms with Crippen LogP contribution in [0, 0.1) is 0 Å². The van der Waals surface area contributed by atoms with Gasteiger partial charge in [0.1, 0.15) is 0 Å². The lowest BCUT2D eigenvalue weighted by molar-refractivity contribution is 0.0679. The predicted octanol–water partition coefficient (Wildman–Crippen LogP) is 2.47. The highest BCUT2D eigenvalue weighted by atomic mass is 32.2. The largest absolute Gasteiger partial charge is 0.459 e. The molecule has 0 bridgehead atoms. The fraction of sp³-hybridized carbons (Fsp3) is 0.278. The first-order chi connectivity index (χ1) is 12.0. The van der Waals surface area contributed by atoms with Crippen molar-refractivity contribution in [2.24, 2.45) is 0 Å². The van der Waals surface area contributed by atoms with E-state index in [-0.39, 0.29) is 11.9 Å². The standard InChI is InChI=1S/C18H20N2O4S/c21-18(17-7-4-13-24-17)20-11-8-16(9-12-20)19-25(22,23)14-10-15-5-2-1-3-6-15/h1-7,10,13-14,16,19H,8-9,11-12H2/b14-10+. The first-order valence-electron chi connectivity index (χ1n) is 8.12. The average Bonchev–Trinajstić information content (AvgIpc) is 3.15. The molecule has 0 radical (unpaired) electrons. The van der Waals surface area contributed by atoms with Gasteiger partial charge in [0.15, 0.2) is 5.76 Å². The van der Waals surface area contributed by atoms with Gasteiger partial charge in [0.05, 0.1) is 6.26 Å². The molecule has 0 saturated carbocycles. The summed E-state index contributed by atoms with van der Waals surface area (Å²) in [7, 11) is -3.51. The molecule has 0 spiro atoms. The summed E-state index contributed by atoms with van der Waals surface area (Å²) in [6.07, 6.45) is 4.18. The number of likely N-dealkylation sites (tertiary alicyclic amines) is 1. The van der Waals surface area contributed by atoms with Crippen LogP contribution in [0.5, 0.6) is 0 Å². The molecule has 1 aromatic carbocycles. The van der Waals surface area contributed by atoms with E-state index < -0.39 is 10.0 Å². The molecule has 1 aliphatic heterocycles. The van der Waals surface area contributed by atoms with Crippen LogP contribution in [0.25, 0.3) is 6.08 Å². The van der Waals surface area contributed by atoms with Gasteiger partial charge in [0.25, 0.3) is 5.91 Å². The van der Waals surface area contributed by atoms with Crippen LogP contribution in [-0.2, 0) is 10.0 Å².